The summed E-state index contributed by atoms with van der Waals surface area (Å²) >= 11 is 0. The van der Waals surface area contributed by atoms with Gasteiger partial charge in [-0.15, -0.1) is 0 Å². The SMILES string of the molecule is CC(C)(CNC(=O)CCN1C(=O)COc2ccccc21)c1ccccc1F. The van der Waals surface area contributed by atoms with E-state index in [1.54, 1.807) is 35.2 Å². The molecule has 2 aromatic carbocycles. The van der Waals surface area contributed by atoms with Crippen molar-refractivity contribution in [2.24, 2.45) is 0 Å². The molecule has 0 unspecified atom stereocenters. The third kappa shape index (κ3) is 4.27. The fourth-order valence-corrected chi connectivity index (χ4v) is 3.13. The summed E-state index contributed by atoms with van der Waals surface area (Å²) < 4.78 is 19.4. The lowest BCUT2D eigenvalue weighted by Gasteiger charge is -2.29. The topological polar surface area (TPSA) is 58.6 Å². The van der Waals surface area contributed by atoms with Crippen LogP contribution >= 0.6 is 0 Å². The fourth-order valence-electron chi connectivity index (χ4n) is 3.13. The van der Waals surface area contributed by atoms with E-state index >= 15 is 0 Å². The summed E-state index contributed by atoms with van der Waals surface area (Å²) in [5.41, 5.74) is 0.693. The van der Waals surface area contributed by atoms with E-state index in [0.717, 1.165) is 0 Å². The summed E-state index contributed by atoms with van der Waals surface area (Å²) in [6.07, 6.45) is 0.160. The van der Waals surface area contributed by atoms with Crippen LogP contribution in [0.4, 0.5) is 10.1 Å². The number of nitrogens with one attached hydrogen (secondary N) is 1. The number of hydrogen-bond donors (Lipinski definition) is 1. The summed E-state index contributed by atoms with van der Waals surface area (Å²) in [5.74, 6) is -0.00478. The number of rotatable bonds is 6. The van der Waals surface area contributed by atoms with Gasteiger partial charge in [0.05, 0.1) is 5.69 Å². The minimum absolute atomic E-state index is 0.0288. The Morgan fingerprint density at radius 1 is 1.19 bits per heavy atom. The molecule has 27 heavy (non-hydrogen) atoms. The Bertz CT molecular complexity index is 851. The van der Waals surface area contributed by atoms with Crippen molar-refractivity contribution in [1.29, 1.82) is 0 Å². The highest BCUT2D eigenvalue weighted by Crippen LogP contribution is 2.31. The van der Waals surface area contributed by atoms with E-state index in [0.29, 0.717) is 23.5 Å². The van der Waals surface area contributed by atoms with E-state index in [-0.39, 0.29) is 37.2 Å². The Labute approximate surface area is 158 Å². The van der Waals surface area contributed by atoms with E-state index in [1.807, 2.05) is 26.0 Å². The molecule has 0 saturated carbocycles. The number of anilines is 1. The van der Waals surface area contributed by atoms with Crippen molar-refractivity contribution in [2.75, 3.05) is 24.6 Å². The highest BCUT2D eigenvalue weighted by molar-refractivity contribution is 5.98. The number of halogens is 1. The summed E-state index contributed by atoms with van der Waals surface area (Å²) in [5, 5.41) is 2.85. The zero-order valence-corrected chi connectivity index (χ0v) is 15.5. The average Bonchev–Trinajstić information content (AvgIpc) is 2.66. The van der Waals surface area contributed by atoms with E-state index in [2.05, 4.69) is 5.32 Å². The number of carbonyl (C=O) groups is 2. The third-order valence-corrected chi connectivity index (χ3v) is 4.70. The van der Waals surface area contributed by atoms with E-state index < -0.39 is 5.41 Å². The second kappa shape index (κ2) is 7.78. The van der Waals surface area contributed by atoms with Crippen LogP contribution in [0.3, 0.4) is 0 Å². The standard InChI is InChI=1S/C21H23FN2O3/c1-21(2,15-7-3-4-8-16(15)22)14-23-19(25)11-12-24-17-9-5-6-10-18(17)27-13-20(24)26/h3-10H,11-14H2,1-2H3,(H,23,25). The van der Waals surface area contributed by atoms with Crippen molar-refractivity contribution in [2.45, 2.75) is 25.7 Å². The minimum Gasteiger partial charge on any atom is -0.482 e. The van der Waals surface area contributed by atoms with Gasteiger partial charge in [-0.2, -0.15) is 0 Å². The average molecular weight is 370 g/mol. The molecule has 1 aliphatic rings. The second-order valence-corrected chi connectivity index (χ2v) is 7.19. The Balaban J connectivity index is 1.58. The lowest BCUT2D eigenvalue weighted by Crippen LogP contribution is -2.42. The summed E-state index contributed by atoms with van der Waals surface area (Å²) in [7, 11) is 0. The first-order valence-corrected chi connectivity index (χ1v) is 8.92. The van der Waals surface area contributed by atoms with E-state index in [9.17, 15) is 14.0 Å². The van der Waals surface area contributed by atoms with Crippen LogP contribution in [0, 0.1) is 5.82 Å². The molecule has 1 aliphatic heterocycles. The molecule has 142 valence electrons. The molecule has 0 fully saturated rings. The minimum atomic E-state index is -0.539. The lowest BCUT2D eigenvalue weighted by atomic mass is 9.84. The van der Waals surface area contributed by atoms with Gasteiger partial charge in [-0.1, -0.05) is 44.2 Å². The van der Waals surface area contributed by atoms with Crippen LogP contribution in [0.5, 0.6) is 5.75 Å². The molecule has 0 radical (unpaired) electrons. The van der Waals surface area contributed by atoms with Crippen LogP contribution in [-0.2, 0) is 15.0 Å². The van der Waals surface area contributed by atoms with Crippen molar-refractivity contribution in [1.82, 2.24) is 5.32 Å². The highest BCUT2D eigenvalue weighted by Gasteiger charge is 2.27. The molecule has 1 heterocycles. The van der Waals surface area contributed by atoms with Crippen LogP contribution in [0.1, 0.15) is 25.8 Å². The molecular weight excluding hydrogens is 347 g/mol. The van der Waals surface area contributed by atoms with Gasteiger partial charge in [0, 0.05) is 24.9 Å². The maximum atomic E-state index is 14.0. The fraction of sp³-hybridized carbons (Fsp3) is 0.333. The molecule has 0 atom stereocenters. The Morgan fingerprint density at radius 2 is 1.89 bits per heavy atom. The van der Waals surface area contributed by atoms with Gasteiger partial charge < -0.3 is 15.0 Å². The van der Waals surface area contributed by atoms with Gasteiger partial charge in [0.2, 0.25) is 5.91 Å². The number of hydrogen-bond acceptors (Lipinski definition) is 3. The Morgan fingerprint density at radius 3 is 2.67 bits per heavy atom. The molecule has 0 bridgehead atoms. The first-order chi connectivity index (χ1) is 12.9. The van der Waals surface area contributed by atoms with Crippen molar-refractivity contribution < 1.29 is 18.7 Å². The number of carbonyl (C=O) groups excluding carboxylic acids is 2. The molecular formula is C21H23FN2O3. The van der Waals surface area contributed by atoms with Crippen molar-refractivity contribution in [3.05, 3.63) is 59.9 Å². The Kier molecular flexibility index (Phi) is 5.44. The van der Waals surface area contributed by atoms with Crippen LogP contribution < -0.4 is 15.0 Å². The van der Waals surface area contributed by atoms with Gasteiger partial charge >= 0.3 is 0 Å². The maximum absolute atomic E-state index is 14.0. The smallest absolute Gasteiger partial charge is 0.265 e. The normalized spacial score (nSPS) is 13.7. The van der Waals surface area contributed by atoms with Crippen LogP contribution in [0.25, 0.3) is 0 Å². The highest BCUT2D eigenvalue weighted by atomic mass is 19.1. The van der Waals surface area contributed by atoms with Crippen molar-refractivity contribution >= 4 is 17.5 Å². The van der Waals surface area contributed by atoms with E-state index in [1.165, 1.54) is 6.07 Å². The third-order valence-electron chi connectivity index (χ3n) is 4.70. The van der Waals surface area contributed by atoms with Crippen molar-refractivity contribution in [3.63, 3.8) is 0 Å². The van der Waals surface area contributed by atoms with Gasteiger partial charge in [-0.3, -0.25) is 9.59 Å². The molecule has 3 rings (SSSR count). The number of para-hydroxylation sites is 2. The largest absolute Gasteiger partial charge is 0.482 e. The van der Waals surface area contributed by atoms with E-state index in [4.69, 9.17) is 4.74 Å². The first kappa shape index (κ1) is 18.9. The molecule has 2 aromatic rings. The maximum Gasteiger partial charge on any atom is 0.265 e. The summed E-state index contributed by atoms with van der Waals surface area (Å²) in [6, 6.07) is 13.8. The van der Waals surface area contributed by atoms with Crippen molar-refractivity contribution in [3.8, 4) is 5.75 Å². The van der Waals surface area contributed by atoms with Crippen LogP contribution in [-0.4, -0.2) is 31.5 Å². The number of nitrogens with zero attached hydrogens (tertiary/aromatic N) is 1. The molecule has 0 aliphatic carbocycles. The van der Waals surface area contributed by atoms with Crippen LogP contribution in [0.2, 0.25) is 0 Å². The van der Waals surface area contributed by atoms with Gasteiger partial charge in [-0.05, 0) is 23.8 Å². The van der Waals surface area contributed by atoms with Gasteiger partial charge in [0.1, 0.15) is 11.6 Å². The zero-order chi connectivity index (χ0) is 19.4. The summed E-state index contributed by atoms with van der Waals surface area (Å²) in [6.45, 7) is 4.31. The summed E-state index contributed by atoms with van der Waals surface area (Å²) in [4.78, 5) is 26.0. The second-order valence-electron chi connectivity index (χ2n) is 7.19. The number of benzene rings is 2. The van der Waals surface area contributed by atoms with Gasteiger partial charge in [0.15, 0.2) is 6.61 Å². The molecule has 0 spiro atoms. The molecule has 0 saturated heterocycles. The van der Waals surface area contributed by atoms with Gasteiger partial charge in [-0.25, -0.2) is 4.39 Å². The lowest BCUT2D eigenvalue weighted by molar-refractivity contribution is -0.122. The van der Waals surface area contributed by atoms with Crippen LogP contribution in [0.15, 0.2) is 48.5 Å². The predicted octanol–water partition coefficient (Wildman–Crippen LogP) is 3.04. The number of amides is 2. The molecule has 0 aromatic heterocycles. The monoisotopic (exact) mass is 370 g/mol. The van der Waals surface area contributed by atoms with Gasteiger partial charge in [0.25, 0.3) is 5.91 Å². The molecule has 6 heteroatoms. The Hall–Kier alpha value is -2.89. The molecule has 1 N–H and O–H groups in total. The zero-order valence-electron chi connectivity index (χ0n) is 15.5. The molecule has 2 amide bonds. The number of ether oxygens (including phenoxy) is 1. The predicted molar refractivity (Wildman–Crippen MR) is 101 cm³/mol. The number of fused-ring (bicyclic) bond motifs is 1. The first-order valence-electron chi connectivity index (χ1n) is 8.92. The molecule has 5 nitrogen and oxygen atoms in total. The quantitative estimate of drug-likeness (QED) is 0.850.